The van der Waals surface area contributed by atoms with Gasteiger partial charge in [0.15, 0.2) is 0 Å². The van der Waals surface area contributed by atoms with Crippen molar-refractivity contribution in [3.8, 4) is 0 Å². The van der Waals surface area contributed by atoms with Gasteiger partial charge in [-0.15, -0.1) is 0 Å². The van der Waals surface area contributed by atoms with Gasteiger partial charge in [0.2, 0.25) is 0 Å². The normalized spacial score (nSPS) is 17.4. The van der Waals surface area contributed by atoms with Gasteiger partial charge in [0.25, 0.3) is 12.5 Å². The number of carbonyl (C=O) groups excluding carboxylic acids is 1. The molecule has 1 aliphatic rings. The maximum atomic E-state index is 10.9. The van der Waals surface area contributed by atoms with Gasteiger partial charge in [0, 0.05) is 13.1 Å². The van der Waals surface area contributed by atoms with E-state index in [1.807, 2.05) is 0 Å². The van der Waals surface area contributed by atoms with Crippen LogP contribution in [0, 0.1) is 6.57 Å². The second kappa shape index (κ2) is 6.39. The van der Waals surface area contributed by atoms with E-state index in [1.165, 1.54) is 19.3 Å². The van der Waals surface area contributed by atoms with Crippen LogP contribution >= 0.6 is 0 Å². The van der Waals surface area contributed by atoms with Crippen molar-refractivity contribution in [1.82, 2.24) is 10.2 Å². The molecule has 1 aliphatic heterocycles. The predicted octanol–water partition coefficient (Wildman–Crippen LogP) is 0.508. The number of amides is 1. The van der Waals surface area contributed by atoms with Crippen LogP contribution < -0.4 is 5.32 Å². The molecule has 1 saturated heterocycles. The van der Waals surface area contributed by atoms with Gasteiger partial charge >= 0.3 is 0 Å². The smallest absolute Gasteiger partial charge is 0.300 e. The van der Waals surface area contributed by atoms with E-state index in [4.69, 9.17) is 6.57 Å². The molecular formula is C10H17N3O. The number of rotatable bonds is 4. The minimum atomic E-state index is -0.156. The van der Waals surface area contributed by atoms with Crippen LogP contribution in [-0.4, -0.2) is 43.5 Å². The molecule has 0 aliphatic carbocycles. The number of hydrogen-bond donors (Lipinski definition) is 1. The van der Waals surface area contributed by atoms with Gasteiger partial charge in [0.1, 0.15) is 0 Å². The van der Waals surface area contributed by atoms with Crippen LogP contribution in [0.15, 0.2) is 0 Å². The topological polar surface area (TPSA) is 36.7 Å². The summed E-state index contributed by atoms with van der Waals surface area (Å²) in [4.78, 5) is 16.3. The second-order valence-corrected chi connectivity index (χ2v) is 3.57. The lowest BCUT2D eigenvalue weighted by Crippen LogP contribution is -2.38. The molecule has 0 atom stereocenters. The Balaban J connectivity index is 2.03. The van der Waals surface area contributed by atoms with Crippen LogP contribution in [0.1, 0.15) is 19.3 Å². The third-order valence-electron chi connectivity index (χ3n) is 2.42. The number of nitrogens with one attached hydrogen (secondary N) is 1. The van der Waals surface area contributed by atoms with Crippen LogP contribution in [0.5, 0.6) is 0 Å². The molecule has 0 aromatic carbocycles. The average molecular weight is 195 g/mol. The fourth-order valence-corrected chi connectivity index (χ4v) is 1.66. The summed E-state index contributed by atoms with van der Waals surface area (Å²) in [5.74, 6) is -0.156. The Hall–Kier alpha value is -1.08. The summed E-state index contributed by atoms with van der Waals surface area (Å²) >= 11 is 0. The van der Waals surface area contributed by atoms with Crippen molar-refractivity contribution in [3.63, 3.8) is 0 Å². The van der Waals surface area contributed by atoms with Gasteiger partial charge in [-0.2, -0.15) is 0 Å². The van der Waals surface area contributed by atoms with E-state index in [0.717, 1.165) is 19.6 Å². The summed E-state index contributed by atoms with van der Waals surface area (Å²) in [6.45, 7) is 10.4. The van der Waals surface area contributed by atoms with Crippen LogP contribution in [-0.2, 0) is 4.79 Å². The zero-order valence-electron chi connectivity index (χ0n) is 8.46. The first-order valence-electron chi connectivity index (χ1n) is 5.15. The van der Waals surface area contributed by atoms with E-state index in [0.29, 0.717) is 6.54 Å². The molecule has 4 heteroatoms. The molecule has 0 bridgehead atoms. The standard InChI is InChI=1S/C10H17N3O/c1-11-9-10(14)12-5-8-13-6-3-2-4-7-13/h2-9H2,(H,12,14). The van der Waals surface area contributed by atoms with Crippen LogP contribution in [0.25, 0.3) is 4.85 Å². The lowest BCUT2D eigenvalue weighted by molar-refractivity contribution is -0.119. The molecule has 0 radical (unpaired) electrons. The summed E-state index contributed by atoms with van der Waals surface area (Å²) in [5, 5.41) is 2.74. The molecule has 1 fully saturated rings. The largest absolute Gasteiger partial charge is 0.348 e. The van der Waals surface area contributed by atoms with Crippen LogP contribution in [0.3, 0.4) is 0 Å². The summed E-state index contributed by atoms with van der Waals surface area (Å²) in [6, 6.07) is 0. The lowest BCUT2D eigenvalue weighted by Gasteiger charge is -2.26. The molecule has 1 rings (SSSR count). The van der Waals surface area contributed by atoms with Gasteiger partial charge in [-0.3, -0.25) is 4.79 Å². The molecule has 1 N–H and O–H groups in total. The first-order chi connectivity index (χ1) is 6.83. The SMILES string of the molecule is [C-]#[N+]CC(=O)NCCN1CCCCC1. The van der Waals surface area contributed by atoms with Crippen molar-refractivity contribution < 1.29 is 4.79 Å². The van der Waals surface area contributed by atoms with Crippen molar-refractivity contribution >= 4 is 5.91 Å². The first kappa shape index (κ1) is 11.0. The first-order valence-corrected chi connectivity index (χ1v) is 5.15. The Morgan fingerprint density at radius 1 is 1.36 bits per heavy atom. The van der Waals surface area contributed by atoms with E-state index in [1.54, 1.807) is 0 Å². The molecule has 0 unspecified atom stereocenters. The van der Waals surface area contributed by atoms with E-state index in [2.05, 4.69) is 15.1 Å². The third kappa shape index (κ3) is 4.24. The Morgan fingerprint density at radius 2 is 2.07 bits per heavy atom. The fraction of sp³-hybridized carbons (Fsp3) is 0.800. The zero-order valence-corrected chi connectivity index (χ0v) is 8.46. The molecular weight excluding hydrogens is 178 g/mol. The summed E-state index contributed by atoms with van der Waals surface area (Å²) < 4.78 is 0. The van der Waals surface area contributed by atoms with E-state index >= 15 is 0 Å². The number of hydrogen-bond acceptors (Lipinski definition) is 2. The highest BCUT2D eigenvalue weighted by molar-refractivity contribution is 5.79. The molecule has 1 amide bonds. The maximum Gasteiger partial charge on any atom is 0.300 e. The highest BCUT2D eigenvalue weighted by Gasteiger charge is 2.10. The fourth-order valence-electron chi connectivity index (χ4n) is 1.66. The van der Waals surface area contributed by atoms with Gasteiger partial charge in [-0.1, -0.05) is 6.42 Å². The highest BCUT2D eigenvalue weighted by Crippen LogP contribution is 2.07. The van der Waals surface area contributed by atoms with Crippen molar-refractivity contribution in [2.75, 3.05) is 32.7 Å². The summed E-state index contributed by atoms with van der Waals surface area (Å²) in [6.07, 6.45) is 3.88. The van der Waals surface area contributed by atoms with E-state index < -0.39 is 0 Å². The van der Waals surface area contributed by atoms with E-state index in [-0.39, 0.29) is 12.5 Å². The summed E-state index contributed by atoms with van der Waals surface area (Å²) in [5.41, 5.74) is 0. The lowest BCUT2D eigenvalue weighted by atomic mass is 10.1. The Morgan fingerprint density at radius 3 is 2.71 bits per heavy atom. The third-order valence-corrected chi connectivity index (χ3v) is 2.42. The Labute approximate surface area is 85.1 Å². The molecule has 1 heterocycles. The van der Waals surface area contributed by atoms with Gasteiger partial charge in [-0.05, 0) is 25.9 Å². The van der Waals surface area contributed by atoms with Gasteiger partial charge in [-0.25, -0.2) is 6.57 Å². The van der Waals surface area contributed by atoms with Gasteiger partial charge in [0.05, 0.1) is 0 Å². The molecule has 0 aromatic heterocycles. The van der Waals surface area contributed by atoms with E-state index in [9.17, 15) is 4.79 Å². The molecule has 14 heavy (non-hydrogen) atoms. The number of nitrogens with zero attached hydrogens (tertiary/aromatic N) is 2. The Kier molecular flexibility index (Phi) is 5.02. The minimum absolute atomic E-state index is 0.0417. The quantitative estimate of drug-likeness (QED) is 0.663. The Bertz CT molecular complexity index is 216. The number of likely N-dealkylation sites (tertiary alicyclic amines) is 1. The highest BCUT2D eigenvalue weighted by atomic mass is 16.1. The van der Waals surface area contributed by atoms with Crippen molar-refractivity contribution in [1.29, 1.82) is 0 Å². The second-order valence-electron chi connectivity index (χ2n) is 3.57. The minimum Gasteiger partial charge on any atom is -0.348 e. The predicted molar refractivity (Wildman–Crippen MR) is 54.8 cm³/mol. The number of carbonyl (C=O) groups is 1. The summed E-state index contributed by atoms with van der Waals surface area (Å²) in [7, 11) is 0. The van der Waals surface area contributed by atoms with Crippen molar-refractivity contribution in [2.45, 2.75) is 19.3 Å². The maximum absolute atomic E-state index is 10.9. The van der Waals surface area contributed by atoms with Crippen LogP contribution in [0.4, 0.5) is 0 Å². The molecule has 78 valence electrons. The molecule has 0 aromatic rings. The molecule has 0 saturated carbocycles. The average Bonchev–Trinajstić information content (AvgIpc) is 2.20. The van der Waals surface area contributed by atoms with Crippen LogP contribution in [0.2, 0.25) is 0 Å². The van der Waals surface area contributed by atoms with Crippen molar-refractivity contribution in [3.05, 3.63) is 11.4 Å². The van der Waals surface area contributed by atoms with Gasteiger partial charge < -0.3 is 15.1 Å². The van der Waals surface area contributed by atoms with Crippen molar-refractivity contribution in [2.24, 2.45) is 0 Å². The number of piperidine rings is 1. The zero-order chi connectivity index (χ0) is 10.2. The molecule has 0 spiro atoms. The molecule has 4 nitrogen and oxygen atoms in total. The monoisotopic (exact) mass is 195 g/mol.